The average Bonchev–Trinajstić information content (AvgIpc) is 2.83. The van der Waals surface area contributed by atoms with E-state index in [2.05, 4.69) is 12.2 Å². The minimum Gasteiger partial charge on any atom is -0.493 e. The van der Waals surface area contributed by atoms with Gasteiger partial charge in [-0.3, -0.25) is 9.59 Å². The van der Waals surface area contributed by atoms with Crippen molar-refractivity contribution in [2.75, 3.05) is 26.2 Å². The second-order valence-electron chi connectivity index (χ2n) is 8.70. The van der Waals surface area contributed by atoms with E-state index in [9.17, 15) is 9.59 Å². The van der Waals surface area contributed by atoms with Crippen LogP contribution in [0.5, 0.6) is 11.5 Å². The molecule has 33 heavy (non-hydrogen) atoms. The summed E-state index contributed by atoms with van der Waals surface area (Å²) < 4.78 is 10.7. The van der Waals surface area contributed by atoms with Gasteiger partial charge >= 0.3 is 0 Å². The molecule has 2 aromatic rings. The molecule has 2 amide bonds. The van der Waals surface area contributed by atoms with E-state index < -0.39 is 0 Å². The van der Waals surface area contributed by atoms with Crippen LogP contribution in [0.2, 0.25) is 0 Å². The number of amides is 2. The van der Waals surface area contributed by atoms with Gasteiger partial charge < -0.3 is 19.7 Å². The lowest BCUT2D eigenvalue weighted by atomic mass is 9.87. The first kappa shape index (κ1) is 23.2. The van der Waals surface area contributed by atoms with Crippen LogP contribution in [-0.2, 0) is 4.79 Å². The Morgan fingerprint density at radius 3 is 2.48 bits per heavy atom. The van der Waals surface area contributed by atoms with Crippen LogP contribution in [0.3, 0.4) is 0 Å². The topological polar surface area (TPSA) is 67.9 Å². The Hall–Kier alpha value is -2.93. The third-order valence-corrected chi connectivity index (χ3v) is 7.45. The smallest absolute Gasteiger partial charge is 0.264 e. The van der Waals surface area contributed by atoms with Crippen LogP contribution < -0.4 is 19.7 Å². The lowest BCUT2D eigenvalue weighted by molar-refractivity contribution is -0.114. The van der Waals surface area contributed by atoms with Crippen LogP contribution in [0.1, 0.15) is 48.5 Å². The number of hydrogen-bond acceptors (Lipinski definition) is 5. The summed E-state index contributed by atoms with van der Waals surface area (Å²) >= 11 is 1.41. The van der Waals surface area contributed by atoms with Gasteiger partial charge in [0.25, 0.3) is 11.8 Å². The number of nitrogens with zero attached hydrogens (tertiary/aromatic N) is 1. The van der Waals surface area contributed by atoms with Gasteiger partial charge in [0, 0.05) is 23.5 Å². The molecule has 1 aliphatic carbocycles. The van der Waals surface area contributed by atoms with Crippen LogP contribution in [0.15, 0.2) is 46.2 Å². The van der Waals surface area contributed by atoms with Crippen LogP contribution >= 0.6 is 11.8 Å². The highest BCUT2D eigenvalue weighted by Crippen LogP contribution is 2.42. The van der Waals surface area contributed by atoms with Gasteiger partial charge in [-0.05, 0) is 73.6 Å². The number of likely N-dealkylation sites (N-methyl/N-ethyl adjacent to an activating group) is 1. The fourth-order valence-corrected chi connectivity index (χ4v) is 5.39. The van der Waals surface area contributed by atoms with Gasteiger partial charge in [0.2, 0.25) is 0 Å². The molecule has 0 atom stereocenters. The molecule has 0 saturated heterocycles. The Kier molecular flexibility index (Phi) is 6.98. The maximum absolute atomic E-state index is 13.1. The summed E-state index contributed by atoms with van der Waals surface area (Å²) in [5.41, 5.74) is 2.18. The number of carbonyl (C=O) groups is 2. The van der Waals surface area contributed by atoms with Gasteiger partial charge in [-0.1, -0.05) is 24.8 Å². The van der Waals surface area contributed by atoms with E-state index >= 15 is 0 Å². The van der Waals surface area contributed by atoms with Crippen molar-refractivity contribution in [2.24, 2.45) is 5.92 Å². The van der Waals surface area contributed by atoms with Crippen molar-refractivity contribution < 1.29 is 19.1 Å². The Labute approximate surface area is 199 Å². The van der Waals surface area contributed by atoms with E-state index in [0.717, 1.165) is 47.7 Å². The molecule has 0 aromatic heterocycles. The van der Waals surface area contributed by atoms with Crippen LogP contribution in [0.4, 0.5) is 5.69 Å². The summed E-state index contributed by atoms with van der Waals surface area (Å²) in [7, 11) is 4.92. The predicted molar refractivity (Wildman–Crippen MR) is 132 cm³/mol. The highest BCUT2D eigenvalue weighted by Gasteiger charge is 2.28. The molecule has 7 heteroatoms. The maximum Gasteiger partial charge on any atom is 0.264 e. The second-order valence-corrected chi connectivity index (χ2v) is 9.79. The van der Waals surface area contributed by atoms with Crippen LogP contribution in [-0.4, -0.2) is 39.1 Å². The molecule has 1 saturated carbocycles. The molecule has 0 unspecified atom stereocenters. The van der Waals surface area contributed by atoms with E-state index in [0.29, 0.717) is 22.0 Å². The van der Waals surface area contributed by atoms with E-state index in [-0.39, 0.29) is 17.9 Å². The molecule has 1 fully saturated rings. The Morgan fingerprint density at radius 2 is 1.79 bits per heavy atom. The van der Waals surface area contributed by atoms with Crippen LogP contribution in [0.25, 0.3) is 6.08 Å². The van der Waals surface area contributed by atoms with E-state index in [1.807, 2.05) is 42.5 Å². The van der Waals surface area contributed by atoms with Crippen molar-refractivity contribution in [1.82, 2.24) is 5.32 Å². The number of methoxy groups -OCH3 is 2. The number of ether oxygens (including phenoxy) is 2. The quantitative estimate of drug-likeness (QED) is 0.620. The fraction of sp³-hybridized carbons (Fsp3) is 0.385. The first-order valence-electron chi connectivity index (χ1n) is 11.2. The number of carbonyl (C=O) groups excluding carboxylic acids is 2. The zero-order valence-corrected chi connectivity index (χ0v) is 20.3. The van der Waals surface area contributed by atoms with Crippen LogP contribution in [0, 0.1) is 5.92 Å². The number of thioether (sulfide) groups is 1. The number of benzene rings is 2. The standard InChI is InChI=1S/C26H30N2O4S/c1-16-5-9-19(10-6-16)27-25(29)18-8-12-23-20(15-18)28(2)26(30)24(33-23)14-17-7-11-21(31-3)22(13-17)32-4/h7-8,11-16,19H,5-6,9-10H2,1-4H3,(H,27,29)/b24-14-. The molecule has 2 aliphatic rings. The molecule has 0 bridgehead atoms. The van der Waals surface area contributed by atoms with Gasteiger partial charge in [-0.25, -0.2) is 0 Å². The highest BCUT2D eigenvalue weighted by atomic mass is 32.2. The molecule has 1 aliphatic heterocycles. The molecule has 4 rings (SSSR count). The van der Waals surface area contributed by atoms with E-state index in [1.165, 1.54) is 11.8 Å². The molecule has 2 aromatic carbocycles. The third-order valence-electron chi connectivity index (χ3n) is 6.37. The molecule has 174 valence electrons. The molecule has 1 N–H and O–H groups in total. The van der Waals surface area contributed by atoms with Crippen molar-refractivity contribution in [3.8, 4) is 11.5 Å². The number of nitrogens with one attached hydrogen (secondary N) is 1. The summed E-state index contributed by atoms with van der Waals surface area (Å²) in [6, 6.07) is 11.3. The predicted octanol–water partition coefficient (Wildman–Crippen LogP) is 5.12. The van der Waals surface area contributed by atoms with Crippen molar-refractivity contribution in [2.45, 2.75) is 43.5 Å². The summed E-state index contributed by atoms with van der Waals surface area (Å²) in [5, 5.41) is 3.17. The maximum atomic E-state index is 13.1. The van der Waals surface area contributed by atoms with Gasteiger partial charge in [0.1, 0.15) is 0 Å². The van der Waals surface area contributed by atoms with Crippen molar-refractivity contribution in [3.63, 3.8) is 0 Å². The third kappa shape index (κ3) is 5.03. The van der Waals surface area contributed by atoms with Crippen molar-refractivity contribution >= 4 is 35.3 Å². The normalized spacial score (nSPS) is 21.5. The molecule has 1 heterocycles. The zero-order valence-electron chi connectivity index (χ0n) is 19.5. The lowest BCUT2D eigenvalue weighted by Gasteiger charge is -2.28. The monoisotopic (exact) mass is 466 g/mol. The fourth-order valence-electron chi connectivity index (χ4n) is 4.30. The Balaban J connectivity index is 1.54. The van der Waals surface area contributed by atoms with Crippen molar-refractivity contribution in [1.29, 1.82) is 0 Å². The van der Waals surface area contributed by atoms with Gasteiger partial charge in [0.15, 0.2) is 11.5 Å². The average molecular weight is 467 g/mol. The summed E-state index contributed by atoms with van der Waals surface area (Å²) in [4.78, 5) is 29.1. The molecular formula is C26H30N2O4S. The van der Waals surface area contributed by atoms with Crippen molar-refractivity contribution in [3.05, 3.63) is 52.4 Å². The molecule has 0 radical (unpaired) electrons. The summed E-state index contributed by atoms with van der Waals surface area (Å²) in [6.07, 6.45) is 6.20. The van der Waals surface area contributed by atoms with Gasteiger partial charge in [-0.15, -0.1) is 0 Å². The number of fused-ring (bicyclic) bond motifs is 1. The molecular weight excluding hydrogens is 436 g/mol. The Morgan fingerprint density at radius 1 is 1.06 bits per heavy atom. The zero-order chi connectivity index (χ0) is 23.5. The summed E-state index contributed by atoms with van der Waals surface area (Å²) in [6.45, 7) is 2.26. The minimum atomic E-state index is -0.110. The SMILES string of the molecule is COc1ccc(/C=C2\Sc3ccc(C(=O)NC4CCC(C)CC4)cc3N(C)C2=O)cc1OC. The molecule has 6 nitrogen and oxygen atoms in total. The largest absolute Gasteiger partial charge is 0.493 e. The van der Waals surface area contributed by atoms with Gasteiger partial charge in [-0.2, -0.15) is 0 Å². The number of rotatable bonds is 5. The summed E-state index contributed by atoms with van der Waals surface area (Å²) in [5.74, 6) is 1.80. The first-order chi connectivity index (χ1) is 15.9. The number of anilines is 1. The Bertz CT molecular complexity index is 1090. The first-order valence-corrected chi connectivity index (χ1v) is 12.1. The second kappa shape index (κ2) is 9.91. The van der Waals surface area contributed by atoms with E-state index in [1.54, 1.807) is 26.2 Å². The highest BCUT2D eigenvalue weighted by molar-refractivity contribution is 8.04. The lowest BCUT2D eigenvalue weighted by Crippen LogP contribution is -2.37. The van der Waals surface area contributed by atoms with Gasteiger partial charge in [0.05, 0.1) is 24.8 Å². The molecule has 0 spiro atoms. The number of hydrogen-bond donors (Lipinski definition) is 1. The minimum absolute atomic E-state index is 0.0742. The van der Waals surface area contributed by atoms with E-state index in [4.69, 9.17) is 9.47 Å².